The van der Waals surface area contributed by atoms with E-state index in [2.05, 4.69) is 16.4 Å². The van der Waals surface area contributed by atoms with E-state index in [1.165, 1.54) is 12.3 Å². The number of carbonyl (C=O) groups is 2. The highest BCUT2D eigenvalue weighted by Gasteiger charge is 2.51. The molecule has 198 valence electrons. The Kier molecular flexibility index (Phi) is 6.51. The Hall–Kier alpha value is -3.72. The molecule has 0 spiro atoms. The molecule has 4 heterocycles. The van der Waals surface area contributed by atoms with Crippen LogP contribution in [0.4, 0.5) is 20.3 Å². The fourth-order valence-electron chi connectivity index (χ4n) is 5.44. The normalized spacial score (nSPS) is 21.1. The van der Waals surface area contributed by atoms with Crippen LogP contribution in [-0.4, -0.2) is 41.5 Å². The molecule has 2 aliphatic rings. The standard InChI is InChI=1S/C29H30F2N4O3/c1-5-35-25-22(23-9-11-38-16-28(23,3)27(35)37)12-19(15-33-25)21-14-20(7-6-17(21)2)34-26(36)18-8-10-32-24(13-18)29(4,30)31/h6-8,10,12-15,23H,5,9,11,16H2,1-4H3,(H,34,36)/t23-,28+/m0/s1. The summed E-state index contributed by atoms with van der Waals surface area (Å²) in [4.78, 5) is 36.4. The molecule has 3 aromatic rings. The van der Waals surface area contributed by atoms with Crippen molar-refractivity contribution in [2.75, 3.05) is 30.0 Å². The van der Waals surface area contributed by atoms with E-state index in [1.807, 2.05) is 32.9 Å². The first-order chi connectivity index (χ1) is 18.0. The van der Waals surface area contributed by atoms with E-state index in [-0.39, 0.29) is 17.4 Å². The van der Waals surface area contributed by atoms with Crippen LogP contribution < -0.4 is 10.2 Å². The van der Waals surface area contributed by atoms with E-state index in [4.69, 9.17) is 9.72 Å². The average Bonchev–Trinajstić information content (AvgIpc) is 2.90. The zero-order valence-electron chi connectivity index (χ0n) is 21.8. The van der Waals surface area contributed by atoms with Gasteiger partial charge in [0.15, 0.2) is 0 Å². The lowest BCUT2D eigenvalue weighted by molar-refractivity contribution is -0.137. The van der Waals surface area contributed by atoms with Gasteiger partial charge in [-0.15, -0.1) is 0 Å². The summed E-state index contributed by atoms with van der Waals surface area (Å²) in [5.41, 5.74) is 3.26. The predicted molar refractivity (Wildman–Crippen MR) is 140 cm³/mol. The number of hydrogen-bond acceptors (Lipinski definition) is 5. The number of aryl methyl sites for hydroxylation is 1. The molecular formula is C29H30F2N4O3. The molecule has 2 atom stereocenters. The number of benzene rings is 1. The van der Waals surface area contributed by atoms with Crippen LogP contribution in [-0.2, 0) is 15.5 Å². The Balaban J connectivity index is 1.49. The third-order valence-corrected chi connectivity index (χ3v) is 7.58. The van der Waals surface area contributed by atoms with Gasteiger partial charge in [0, 0.05) is 60.8 Å². The highest BCUT2D eigenvalue weighted by molar-refractivity contribution is 6.04. The first-order valence-electron chi connectivity index (χ1n) is 12.7. The van der Waals surface area contributed by atoms with Gasteiger partial charge in [-0.05, 0) is 68.7 Å². The molecule has 2 aliphatic heterocycles. The summed E-state index contributed by atoms with van der Waals surface area (Å²) in [6.07, 6.45) is 3.69. The van der Waals surface area contributed by atoms with E-state index in [0.29, 0.717) is 31.3 Å². The molecular weight excluding hydrogens is 490 g/mol. The zero-order chi connectivity index (χ0) is 27.2. The summed E-state index contributed by atoms with van der Waals surface area (Å²) in [7, 11) is 0. The van der Waals surface area contributed by atoms with Crippen LogP contribution in [0.1, 0.15) is 60.3 Å². The van der Waals surface area contributed by atoms with Gasteiger partial charge in [-0.2, -0.15) is 8.78 Å². The van der Waals surface area contributed by atoms with Gasteiger partial charge in [-0.25, -0.2) is 4.98 Å². The molecule has 5 rings (SSSR count). The molecule has 0 bridgehead atoms. The van der Waals surface area contributed by atoms with Gasteiger partial charge in [0.2, 0.25) is 5.91 Å². The van der Waals surface area contributed by atoms with Crippen molar-refractivity contribution in [2.45, 2.75) is 46.0 Å². The SMILES string of the molecule is CCN1C(=O)[C@]2(C)COCC[C@H]2c2cc(-c3cc(NC(=O)c4ccnc(C(C)(F)F)c4)ccc3C)cnc21. The monoisotopic (exact) mass is 520 g/mol. The summed E-state index contributed by atoms with van der Waals surface area (Å²) >= 11 is 0. The number of ether oxygens (including phenoxy) is 1. The second-order valence-corrected chi connectivity index (χ2v) is 10.3. The van der Waals surface area contributed by atoms with Crippen molar-refractivity contribution in [3.63, 3.8) is 0 Å². The number of rotatable bonds is 5. The molecule has 1 saturated heterocycles. The quantitative estimate of drug-likeness (QED) is 0.467. The number of nitrogens with zero attached hydrogens (tertiary/aromatic N) is 3. The lowest BCUT2D eigenvalue weighted by Gasteiger charge is -2.47. The fourth-order valence-corrected chi connectivity index (χ4v) is 5.44. The van der Waals surface area contributed by atoms with Crippen LogP contribution in [0, 0.1) is 12.3 Å². The van der Waals surface area contributed by atoms with Crippen molar-refractivity contribution in [1.29, 1.82) is 0 Å². The van der Waals surface area contributed by atoms with E-state index >= 15 is 0 Å². The number of nitrogens with one attached hydrogen (secondary N) is 1. The number of pyridine rings is 2. The van der Waals surface area contributed by atoms with Gasteiger partial charge in [0.05, 0.1) is 12.0 Å². The summed E-state index contributed by atoms with van der Waals surface area (Å²) < 4.78 is 33.1. The zero-order valence-corrected chi connectivity index (χ0v) is 21.8. The van der Waals surface area contributed by atoms with Crippen molar-refractivity contribution in [3.05, 3.63) is 71.2 Å². The van der Waals surface area contributed by atoms with Crippen molar-refractivity contribution < 1.29 is 23.1 Å². The van der Waals surface area contributed by atoms with Crippen molar-refractivity contribution in [3.8, 4) is 11.1 Å². The Morgan fingerprint density at radius 2 is 2.03 bits per heavy atom. The van der Waals surface area contributed by atoms with Gasteiger partial charge in [-0.3, -0.25) is 19.5 Å². The van der Waals surface area contributed by atoms with Crippen LogP contribution in [0.3, 0.4) is 0 Å². The third-order valence-electron chi connectivity index (χ3n) is 7.58. The summed E-state index contributed by atoms with van der Waals surface area (Å²) in [6, 6.07) is 10.1. The number of amides is 2. The van der Waals surface area contributed by atoms with E-state index in [9.17, 15) is 18.4 Å². The van der Waals surface area contributed by atoms with Crippen LogP contribution >= 0.6 is 0 Å². The number of carbonyl (C=O) groups excluding carboxylic acids is 2. The van der Waals surface area contributed by atoms with E-state index < -0.39 is 22.9 Å². The average molecular weight is 521 g/mol. The molecule has 2 amide bonds. The number of hydrogen-bond donors (Lipinski definition) is 1. The number of alkyl halides is 2. The summed E-state index contributed by atoms with van der Waals surface area (Å²) in [5, 5.41) is 2.81. The van der Waals surface area contributed by atoms with Gasteiger partial charge in [0.1, 0.15) is 11.5 Å². The molecule has 1 aromatic carbocycles. The van der Waals surface area contributed by atoms with E-state index in [1.54, 1.807) is 17.2 Å². The third kappa shape index (κ3) is 4.45. The molecule has 0 saturated carbocycles. The largest absolute Gasteiger partial charge is 0.380 e. The second kappa shape index (κ2) is 9.54. The maximum absolute atomic E-state index is 13.7. The molecule has 0 radical (unpaired) electrons. The highest BCUT2D eigenvalue weighted by atomic mass is 19.3. The van der Waals surface area contributed by atoms with Gasteiger partial charge < -0.3 is 10.1 Å². The molecule has 1 N–H and O–H groups in total. The second-order valence-electron chi connectivity index (χ2n) is 10.3. The van der Waals surface area contributed by atoms with Gasteiger partial charge in [0.25, 0.3) is 11.8 Å². The van der Waals surface area contributed by atoms with Crippen LogP contribution in [0.5, 0.6) is 0 Å². The lowest BCUT2D eigenvalue weighted by atomic mass is 9.67. The minimum Gasteiger partial charge on any atom is -0.380 e. The number of anilines is 2. The number of halogens is 2. The van der Waals surface area contributed by atoms with Gasteiger partial charge >= 0.3 is 0 Å². The Bertz CT molecular complexity index is 1420. The number of fused-ring (bicyclic) bond motifs is 3. The molecule has 2 aromatic heterocycles. The van der Waals surface area contributed by atoms with Crippen LogP contribution in [0.25, 0.3) is 11.1 Å². The Morgan fingerprint density at radius 1 is 1.24 bits per heavy atom. The molecule has 9 heteroatoms. The Morgan fingerprint density at radius 3 is 2.76 bits per heavy atom. The maximum atomic E-state index is 13.7. The van der Waals surface area contributed by atoms with Crippen LogP contribution in [0.2, 0.25) is 0 Å². The van der Waals surface area contributed by atoms with E-state index in [0.717, 1.165) is 41.7 Å². The molecule has 38 heavy (non-hydrogen) atoms. The predicted octanol–water partition coefficient (Wildman–Crippen LogP) is 5.69. The smallest absolute Gasteiger partial charge is 0.286 e. The van der Waals surface area contributed by atoms with Crippen molar-refractivity contribution in [1.82, 2.24) is 9.97 Å². The fraction of sp³-hybridized carbons (Fsp3) is 0.379. The van der Waals surface area contributed by atoms with Crippen molar-refractivity contribution >= 4 is 23.3 Å². The topological polar surface area (TPSA) is 84.4 Å². The molecule has 0 aliphatic carbocycles. The first kappa shape index (κ1) is 25.9. The minimum atomic E-state index is -3.15. The summed E-state index contributed by atoms with van der Waals surface area (Å²) in [6.45, 7) is 8.10. The Labute approximate surface area is 220 Å². The van der Waals surface area contributed by atoms with Gasteiger partial charge in [-0.1, -0.05) is 6.07 Å². The lowest BCUT2D eigenvalue weighted by Crippen LogP contribution is -2.54. The van der Waals surface area contributed by atoms with Crippen LogP contribution in [0.15, 0.2) is 48.8 Å². The summed E-state index contributed by atoms with van der Waals surface area (Å²) in [5.74, 6) is -2.93. The molecule has 0 unspecified atom stereocenters. The van der Waals surface area contributed by atoms with Crippen molar-refractivity contribution in [2.24, 2.45) is 5.41 Å². The maximum Gasteiger partial charge on any atom is 0.286 e. The highest BCUT2D eigenvalue weighted by Crippen LogP contribution is 2.50. The first-order valence-corrected chi connectivity index (χ1v) is 12.7. The molecule has 7 nitrogen and oxygen atoms in total. The minimum absolute atomic E-state index is 0.00484. The number of aromatic nitrogens is 2. The molecule has 1 fully saturated rings.